The molecule has 1 aromatic rings. The molecule has 0 fully saturated rings. The third-order valence-corrected chi connectivity index (χ3v) is 2.12. The molecule has 1 amide bonds. The van der Waals surface area contributed by atoms with Gasteiger partial charge in [-0.15, -0.1) is 10.2 Å². The molecule has 2 rings (SSSR count). The number of nitrogens with one attached hydrogen (secondary N) is 3. The van der Waals surface area contributed by atoms with E-state index in [2.05, 4.69) is 31.4 Å². The summed E-state index contributed by atoms with van der Waals surface area (Å²) in [4.78, 5) is 26.2. The van der Waals surface area contributed by atoms with Gasteiger partial charge in [-0.05, 0) is 12.1 Å². The zero-order valence-corrected chi connectivity index (χ0v) is 9.62. The van der Waals surface area contributed by atoms with Crippen molar-refractivity contribution in [2.24, 2.45) is 10.2 Å². The largest absolute Gasteiger partial charge is 0.475 e. The fourth-order valence-electron chi connectivity index (χ4n) is 1.22. The molecule has 0 bridgehead atoms. The van der Waals surface area contributed by atoms with Gasteiger partial charge < -0.3 is 10.4 Å². The molecule has 98 valence electrons. The SMILES string of the molecule is O=C(O)C1=NNC(C(=O)NCc2ccccn2)=NN1. The second kappa shape index (κ2) is 5.58. The molecule has 2 heterocycles. The zero-order chi connectivity index (χ0) is 13.7. The third-order valence-electron chi connectivity index (χ3n) is 2.12. The first-order valence-corrected chi connectivity index (χ1v) is 5.25. The van der Waals surface area contributed by atoms with E-state index >= 15 is 0 Å². The molecule has 4 N–H and O–H groups in total. The lowest BCUT2D eigenvalue weighted by Crippen LogP contribution is -2.45. The summed E-state index contributed by atoms with van der Waals surface area (Å²) in [6, 6.07) is 5.33. The first-order chi connectivity index (χ1) is 9.16. The Labute approximate surface area is 107 Å². The van der Waals surface area contributed by atoms with Gasteiger partial charge in [0.2, 0.25) is 5.84 Å². The van der Waals surface area contributed by atoms with E-state index in [1.165, 1.54) is 0 Å². The quantitative estimate of drug-likeness (QED) is 0.528. The minimum Gasteiger partial charge on any atom is -0.475 e. The Balaban J connectivity index is 1.87. The number of hydrazone groups is 2. The lowest BCUT2D eigenvalue weighted by atomic mass is 10.3. The number of hydrogen-bond donors (Lipinski definition) is 4. The molecule has 9 heteroatoms. The summed E-state index contributed by atoms with van der Waals surface area (Å²) in [6.45, 7) is 0.232. The van der Waals surface area contributed by atoms with Crippen molar-refractivity contribution >= 4 is 23.5 Å². The predicted octanol–water partition coefficient (Wildman–Crippen LogP) is -1.40. The van der Waals surface area contributed by atoms with Gasteiger partial charge in [0.15, 0.2) is 0 Å². The maximum atomic E-state index is 11.7. The minimum absolute atomic E-state index is 0.124. The molecule has 0 saturated carbocycles. The van der Waals surface area contributed by atoms with Crippen molar-refractivity contribution in [3.8, 4) is 0 Å². The monoisotopic (exact) mass is 262 g/mol. The van der Waals surface area contributed by atoms with Crippen molar-refractivity contribution < 1.29 is 14.7 Å². The lowest BCUT2D eigenvalue weighted by molar-refractivity contribution is -0.129. The highest BCUT2D eigenvalue weighted by molar-refractivity contribution is 6.40. The predicted molar refractivity (Wildman–Crippen MR) is 64.9 cm³/mol. The van der Waals surface area contributed by atoms with Gasteiger partial charge >= 0.3 is 5.97 Å². The number of carboxylic acids is 1. The molecule has 1 aliphatic heterocycles. The number of carbonyl (C=O) groups excluding carboxylic acids is 1. The second-order valence-corrected chi connectivity index (χ2v) is 3.45. The highest BCUT2D eigenvalue weighted by Gasteiger charge is 2.18. The van der Waals surface area contributed by atoms with Crippen LogP contribution < -0.4 is 16.2 Å². The first kappa shape index (κ1) is 12.5. The van der Waals surface area contributed by atoms with Gasteiger partial charge in [0.05, 0.1) is 12.2 Å². The number of amides is 1. The number of aliphatic carboxylic acids is 1. The molecule has 1 aliphatic rings. The Morgan fingerprint density at radius 1 is 1.21 bits per heavy atom. The van der Waals surface area contributed by atoms with E-state index in [4.69, 9.17) is 5.11 Å². The van der Waals surface area contributed by atoms with Crippen LogP contribution in [-0.4, -0.2) is 33.6 Å². The van der Waals surface area contributed by atoms with Crippen molar-refractivity contribution in [3.63, 3.8) is 0 Å². The van der Waals surface area contributed by atoms with Crippen LogP contribution in [0.5, 0.6) is 0 Å². The summed E-state index contributed by atoms with van der Waals surface area (Å²) in [7, 11) is 0. The molecule has 0 unspecified atom stereocenters. The minimum atomic E-state index is -1.27. The molecule has 19 heavy (non-hydrogen) atoms. The standard InChI is InChI=1S/C10H10N6O3/c17-9(12-5-6-3-1-2-4-11-6)7-13-15-8(10(18)19)16-14-7/h1-4H,5H2,(H,12,17)(H,13,14)(H,15,16)(H,18,19). The van der Waals surface area contributed by atoms with E-state index in [9.17, 15) is 9.59 Å². The van der Waals surface area contributed by atoms with Crippen LogP contribution in [0.15, 0.2) is 34.6 Å². The van der Waals surface area contributed by atoms with Gasteiger partial charge in [-0.2, -0.15) is 0 Å². The smallest absolute Gasteiger partial charge is 0.375 e. The number of carboxylic acid groups (broad SMARTS) is 1. The normalized spacial score (nSPS) is 13.5. The lowest BCUT2D eigenvalue weighted by Gasteiger charge is -2.12. The number of pyridine rings is 1. The summed E-state index contributed by atoms with van der Waals surface area (Å²) in [5.74, 6) is -2.31. The Bertz CT molecular complexity index is 554. The maximum absolute atomic E-state index is 11.7. The molecule has 0 atom stereocenters. The van der Waals surface area contributed by atoms with Crippen LogP contribution in [0.25, 0.3) is 0 Å². The van der Waals surface area contributed by atoms with Gasteiger partial charge in [-0.1, -0.05) is 6.07 Å². The molecule has 0 spiro atoms. The molecule has 1 aromatic heterocycles. The highest BCUT2D eigenvalue weighted by Crippen LogP contribution is 1.92. The number of carbonyl (C=O) groups is 2. The van der Waals surface area contributed by atoms with E-state index in [0.717, 1.165) is 0 Å². The summed E-state index contributed by atoms with van der Waals surface area (Å²) in [5, 5.41) is 18.2. The van der Waals surface area contributed by atoms with Gasteiger partial charge in [0.1, 0.15) is 0 Å². The molecule has 0 aromatic carbocycles. The van der Waals surface area contributed by atoms with Gasteiger partial charge in [-0.25, -0.2) is 4.79 Å². The maximum Gasteiger partial charge on any atom is 0.375 e. The number of rotatable bonds is 4. The summed E-state index contributed by atoms with van der Waals surface area (Å²) in [5.41, 5.74) is 5.09. The highest BCUT2D eigenvalue weighted by atomic mass is 16.4. The van der Waals surface area contributed by atoms with Gasteiger partial charge in [0, 0.05) is 6.20 Å². The number of nitrogens with zero attached hydrogens (tertiary/aromatic N) is 3. The molecule has 0 aliphatic carbocycles. The van der Waals surface area contributed by atoms with Crippen LogP contribution in [-0.2, 0) is 16.1 Å². The fraction of sp³-hybridized carbons (Fsp3) is 0.100. The van der Waals surface area contributed by atoms with Crippen LogP contribution >= 0.6 is 0 Å². The third kappa shape index (κ3) is 3.25. The number of amidine groups is 2. The van der Waals surface area contributed by atoms with E-state index in [1.807, 2.05) is 0 Å². The molecule has 0 radical (unpaired) electrons. The average Bonchev–Trinajstić information content (AvgIpc) is 2.46. The van der Waals surface area contributed by atoms with Crippen LogP contribution in [0.4, 0.5) is 0 Å². The molecular formula is C10H10N6O3. The fourth-order valence-corrected chi connectivity index (χ4v) is 1.22. The first-order valence-electron chi connectivity index (χ1n) is 5.25. The van der Waals surface area contributed by atoms with Crippen molar-refractivity contribution in [1.82, 2.24) is 21.2 Å². The Hall–Kier alpha value is -2.97. The van der Waals surface area contributed by atoms with E-state index < -0.39 is 11.9 Å². The Morgan fingerprint density at radius 3 is 2.53 bits per heavy atom. The second-order valence-electron chi connectivity index (χ2n) is 3.45. The molecular weight excluding hydrogens is 252 g/mol. The summed E-state index contributed by atoms with van der Waals surface area (Å²) in [6.07, 6.45) is 1.61. The zero-order valence-electron chi connectivity index (χ0n) is 9.62. The number of hydrogen-bond acceptors (Lipinski definition) is 7. The van der Waals surface area contributed by atoms with Crippen LogP contribution in [0.1, 0.15) is 5.69 Å². The molecule has 0 saturated heterocycles. The van der Waals surface area contributed by atoms with Crippen molar-refractivity contribution in [1.29, 1.82) is 0 Å². The summed E-state index contributed by atoms with van der Waals surface area (Å²) >= 11 is 0. The van der Waals surface area contributed by atoms with Gasteiger partial charge in [-0.3, -0.25) is 20.6 Å². The topological polar surface area (TPSA) is 128 Å². The van der Waals surface area contributed by atoms with Crippen LogP contribution in [0, 0.1) is 0 Å². The summed E-state index contributed by atoms with van der Waals surface area (Å²) < 4.78 is 0. The van der Waals surface area contributed by atoms with Gasteiger partial charge in [0.25, 0.3) is 11.7 Å². The number of aromatic nitrogens is 1. The Morgan fingerprint density at radius 2 is 1.95 bits per heavy atom. The van der Waals surface area contributed by atoms with Crippen molar-refractivity contribution in [2.75, 3.05) is 0 Å². The van der Waals surface area contributed by atoms with E-state index in [0.29, 0.717) is 5.69 Å². The van der Waals surface area contributed by atoms with Crippen molar-refractivity contribution in [3.05, 3.63) is 30.1 Å². The van der Waals surface area contributed by atoms with E-state index in [1.54, 1.807) is 24.4 Å². The average molecular weight is 262 g/mol. The van der Waals surface area contributed by atoms with Crippen LogP contribution in [0.2, 0.25) is 0 Å². The molecule has 9 nitrogen and oxygen atoms in total. The Kier molecular flexibility index (Phi) is 3.67. The van der Waals surface area contributed by atoms with E-state index in [-0.39, 0.29) is 18.2 Å². The van der Waals surface area contributed by atoms with Crippen LogP contribution in [0.3, 0.4) is 0 Å². The van der Waals surface area contributed by atoms with Crippen molar-refractivity contribution in [2.45, 2.75) is 6.54 Å².